The van der Waals surface area contributed by atoms with Crippen LogP contribution >= 0.6 is 11.6 Å². The van der Waals surface area contributed by atoms with Gasteiger partial charge in [0.05, 0.1) is 27.5 Å². The van der Waals surface area contributed by atoms with Gasteiger partial charge in [-0.2, -0.15) is 5.26 Å². The van der Waals surface area contributed by atoms with E-state index in [1.165, 1.54) is 0 Å². The fraction of sp³-hybridized carbons (Fsp3) is 0.581. The molecule has 0 radical (unpaired) electrons. The third kappa shape index (κ3) is 6.12. The molecule has 1 saturated carbocycles. The highest BCUT2D eigenvalue weighted by Gasteiger charge is 2.64. The molecule has 0 unspecified atom stereocenters. The van der Waals surface area contributed by atoms with Gasteiger partial charge in [0, 0.05) is 49.1 Å². The van der Waals surface area contributed by atoms with Crippen LogP contribution in [-0.4, -0.2) is 70.8 Å². The Labute approximate surface area is 253 Å². The number of ether oxygens (including phenoxy) is 2. The summed E-state index contributed by atoms with van der Waals surface area (Å²) in [6.07, 6.45) is -0.530. The Bertz CT molecular complexity index is 1380. The molecule has 0 spiro atoms. The first kappa shape index (κ1) is 31.4. The average molecular weight is 597 g/mol. The number of hydrogen-bond donors (Lipinski definition) is 1. The van der Waals surface area contributed by atoms with Crippen LogP contribution in [-0.2, 0) is 4.74 Å². The van der Waals surface area contributed by atoms with Gasteiger partial charge in [0.2, 0.25) is 5.95 Å². The van der Waals surface area contributed by atoms with E-state index in [2.05, 4.69) is 49.0 Å². The van der Waals surface area contributed by atoms with Crippen molar-refractivity contribution in [3.05, 3.63) is 45.7 Å². The van der Waals surface area contributed by atoms with Crippen molar-refractivity contribution in [3.8, 4) is 11.8 Å². The molecule has 10 nitrogen and oxygen atoms in total. The lowest BCUT2D eigenvalue weighted by atomic mass is 9.49. The molecule has 2 aromatic rings. The number of piperazine rings is 1. The summed E-state index contributed by atoms with van der Waals surface area (Å²) in [4.78, 5) is 39.1. The summed E-state index contributed by atoms with van der Waals surface area (Å²) in [5, 5.41) is 12.7. The molecule has 2 fully saturated rings. The van der Waals surface area contributed by atoms with E-state index in [-0.39, 0.29) is 24.1 Å². The fourth-order valence-electron chi connectivity index (χ4n) is 6.38. The van der Waals surface area contributed by atoms with Gasteiger partial charge in [-0.1, -0.05) is 39.3 Å². The lowest BCUT2D eigenvalue weighted by Crippen LogP contribution is -2.74. The molecule has 226 valence electrons. The molecule has 0 atom stereocenters. The quantitative estimate of drug-likeness (QED) is 0.494. The Morgan fingerprint density at radius 2 is 1.62 bits per heavy atom. The summed E-state index contributed by atoms with van der Waals surface area (Å²) in [5.74, 6) is 0.902. The molecule has 0 bridgehead atoms. The number of nitriles is 1. The number of hydrogen-bond acceptors (Lipinski definition) is 8. The van der Waals surface area contributed by atoms with E-state index in [1.54, 1.807) is 23.1 Å². The number of halogens is 1. The molecule has 2 heterocycles. The zero-order valence-corrected chi connectivity index (χ0v) is 26.7. The minimum atomic E-state index is -0.543. The second-order valence-corrected chi connectivity index (χ2v) is 13.7. The number of aromatic nitrogens is 2. The highest BCUT2D eigenvalue weighted by Crippen LogP contribution is 2.55. The second-order valence-electron chi connectivity index (χ2n) is 13.3. The molecule has 1 aliphatic carbocycles. The van der Waals surface area contributed by atoms with Crippen LogP contribution in [0.5, 0.6) is 5.75 Å². The Hall–Kier alpha value is -3.58. The Morgan fingerprint density at radius 3 is 2.12 bits per heavy atom. The van der Waals surface area contributed by atoms with Crippen molar-refractivity contribution in [2.24, 2.45) is 10.8 Å². The normalized spacial score (nSPS) is 21.2. The number of aryl methyl sites for hydroxylation is 2. The summed E-state index contributed by atoms with van der Waals surface area (Å²) >= 11 is 6.22. The van der Waals surface area contributed by atoms with Crippen LogP contribution in [0.3, 0.4) is 0 Å². The van der Waals surface area contributed by atoms with E-state index in [9.17, 15) is 9.59 Å². The van der Waals surface area contributed by atoms with Crippen LogP contribution in [0.25, 0.3) is 0 Å². The molecule has 1 aromatic heterocycles. The minimum absolute atomic E-state index is 0.184. The highest BCUT2D eigenvalue weighted by atomic mass is 35.5. The van der Waals surface area contributed by atoms with Gasteiger partial charge in [0.25, 0.3) is 5.91 Å². The topological polar surface area (TPSA) is 121 Å². The molecule has 1 aliphatic heterocycles. The molecule has 11 heteroatoms. The van der Waals surface area contributed by atoms with Crippen molar-refractivity contribution >= 4 is 29.5 Å². The number of rotatable bonds is 5. The van der Waals surface area contributed by atoms with Crippen molar-refractivity contribution < 1.29 is 19.1 Å². The van der Waals surface area contributed by atoms with Crippen molar-refractivity contribution in [1.82, 2.24) is 20.2 Å². The van der Waals surface area contributed by atoms with Crippen molar-refractivity contribution in [2.75, 3.05) is 31.1 Å². The first-order valence-electron chi connectivity index (χ1n) is 14.2. The van der Waals surface area contributed by atoms with Crippen LogP contribution in [0.15, 0.2) is 18.2 Å². The SMILES string of the molecule is Cc1nc(N2CCN(C(=O)OC(C)(C)C)CC2)nc(C)c1C(=O)NC1C(C)(C)C(Oc2ccc(C#N)c(Cl)c2)C1(C)C. The lowest BCUT2D eigenvalue weighted by molar-refractivity contribution is -0.164. The monoisotopic (exact) mass is 596 g/mol. The van der Waals surface area contributed by atoms with E-state index in [1.807, 2.05) is 39.5 Å². The van der Waals surface area contributed by atoms with Gasteiger partial charge in [-0.3, -0.25) is 4.79 Å². The highest BCUT2D eigenvalue weighted by molar-refractivity contribution is 6.31. The van der Waals surface area contributed by atoms with Gasteiger partial charge in [-0.15, -0.1) is 0 Å². The van der Waals surface area contributed by atoms with Crippen molar-refractivity contribution in [3.63, 3.8) is 0 Å². The van der Waals surface area contributed by atoms with Crippen LogP contribution in [0.4, 0.5) is 10.7 Å². The van der Waals surface area contributed by atoms with Crippen LogP contribution in [0.2, 0.25) is 5.02 Å². The van der Waals surface area contributed by atoms with E-state index < -0.39 is 16.4 Å². The maximum atomic E-state index is 13.6. The summed E-state index contributed by atoms with van der Waals surface area (Å²) in [6, 6.07) is 6.91. The maximum absolute atomic E-state index is 13.6. The first-order chi connectivity index (χ1) is 19.5. The third-order valence-corrected chi connectivity index (χ3v) is 8.44. The summed E-state index contributed by atoms with van der Waals surface area (Å²) in [5.41, 5.74) is 0.716. The van der Waals surface area contributed by atoms with E-state index in [0.29, 0.717) is 65.4 Å². The van der Waals surface area contributed by atoms with Crippen LogP contribution in [0, 0.1) is 36.0 Å². The fourth-order valence-corrected chi connectivity index (χ4v) is 6.60. The van der Waals surface area contributed by atoms with Gasteiger partial charge in [-0.05, 0) is 46.8 Å². The number of benzene rings is 1. The number of anilines is 1. The molecule has 1 aromatic carbocycles. The van der Waals surface area contributed by atoms with Gasteiger partial charge in [0.15, 0.2) is 0 Å². The van der Waals surface area contributed by atoms with Crippen molar-refractivity contribution in [1.29, 1.82) is 5.26 Å². The van der Waals surface area contributed by atoms with Crippen molar-refractivity contribution in [2.45, 2.75) is 80.1 Å². The number of amides is 2. The van der Waals surface area contributed by atoms with E-state index >= 15 is 0 Å². The third-order valence-electron chi connectivity index (χ3n) is 8.13. The number of carbonyl (C=O) groups is 2. The average Bonchev–Trinajstić information content (AvgIpc) is 2.89. The Balaban J connectivity index is 1.43. The number of nitrogens with zero attached hydrogens (tertiary/aromatic N) is 5. The molecule has 2 aliphatic rings. The molecule has 1 saturated heterocycles. The van der Waals surface area contributed by atoms with Gasteiger partial charge in [-0.25, -0.2) is 14.8 Å². The number of carbonyl (C=O) groups excluding carboxylic acids is 2. The minimum Gasteiger partial charge on any atom is -0.489 e. The summed E-state index contributed by atoms with van der Waals surface area (Å²) in [7, 11) is 0. The van der Waals surface area contributed by atoms with Gasteiger partial charge < -0.3 is 24.6 Å². The predicted molar refractivity (Wildman–Crippen MR) is 161 cm³/mol. The maximum Gasteiger partial charge on any atom is 0.410 e. The predicted octanol–water partition coefficient (Wildman–Crippen LogP) is 5.29. The first-order valence-corrected chi connectivity index (χ1v) is 14.6. The summed E-state index contributed by atoms with van der Waals surface area (Å²) in [6.45, 7) is 19.6. The van der Waals surface area contributed by atoms with Crippen LogP contribution in [0.1, 0.15) is 75.8 Å². The Kier molecular flexibility index (Phi) is 8.40. The van der Waals surface area contributed by atoms with Gasteiger partial charge in [0.1, 0.15) is 23.5 Å². The largest absolute Gasteiger partial charge is 0.489 e. The molecule has 2 amide bonds. The smallest absolute Gasteiger partial charge is 0.410 e. The number of nitrogens with one attached hydrogen (secondary N) is 1. The molecular weight excluding hydrogens is 556 g/mol. The van der Waals surface area contributed by atoms with Gasteiger partial charge >= 0.3 is 6.09 Å². The molecular formula is C31H41ClN6O4. The zero-order valence-electron chi connectivity index (χ0n) is 26.0. The summed E-state index contributed by atoms with van der Waals surface area (Å²) < 4.78 is 11.8. The van der Waals surface area contributed by atoms with E-state index in [4.69, 9.17) is 26.3 Å². The van der Waals surface area contributed by atoms with Crippen LogP contribution < -0.4 is 15.0 Å². The molecule has 4 rings (SSSR count). The Morgan fingerprint density at radius 1 is 1.05 bits per heavy atom. The van der Waals surface area contributed by atoms with E-state index in [0.717, 1.165) is 0 Å². The second kappa shape index (κ2) is 11.3. The molecule has 42 heavy (non-hydrogen) atoms. The zero-order chi connectivity index (χ0) is 31.2. The molecule has 1 N–H and O–H groups in total. The standard InChI is InChI=1S/C31H41ClN6O4/c1-18-23(19(2)35-27(34-18)37-12-14-38(15-13-37)28(40)42-29(3,4)5)24(39)36-25-30(6,7)26(31(25,8)9)41-21-11-10-20(17-33)22(32)16-21/h10-11,16,25-26H,12-15H2,1-9H3,(H,36,39). The lowest BCUT2D eigenvalue weighted by Gasteiger charge is -2.63.